The highest BCUT2D eigenvalue weighted by Crippen LogP contribution is 2.40. The Kier molecular flexibility index (Phi) is 3.74. The van der Waals surface area contributed by atoms with E-state index < -0.39 is 36.1 Å². The SMILES string of the molecule is O=[N+]([O-])c1cc2c(cc1C(F)(F)F)ncc1nnc(CP(=O)(O)O)n12. The van der Waals surface area contributed by atoms with E-state index in [9.17, 15) is 27.9 Å². The molecular weight excluding hydrogens is 370 g/mol. The fourth-order valence-electron chi connectivity index (χ4n) is 2.32. The highest BCUT2D eigenvalue weighted by atomic mass is 31.2. The molecule has 14 heteroatoms. The van der Waals surface area contributed by atoms with Gasteiger partial charge in [0.15, 0.2) is 5.65 Å². The topological polar surface area (TPSA) is 144 Å². The molecule has 132 valence electrons. The number of aromatic nitrogens is 4. The lowest BCUT2D eigenvalue weighted by molar-refractivity contribution is -0.387. The van der Waals surface area contributed by atoms with Crippen molar-refractivity contribution in [2.24, 2.45) is 0 Å². The van der Waals surface area contributed by atoms with E-state index >= 15 is 0 Å². The first-order valence-corrected chi connectivity index (χ1v) is 8.20. The second-order valence-electron chi connectivity index (χ2n) is 5.00. The lowest BCUT2D eigenvalue weighted by atomic mass is 10.1. The van der Waals surface area contributed by atoms with Crippen LogP contribution in [-0.2, 0) is 16.9 Å². The van der Waals surface area contributed by atoms with Crippen molar-refractivity contribution >= 4 is 30.0 Å². The van der Waals surface area contributed by atoms with Gasteiger partial charge < -0.3 is 9.79 Å². The maximum Gasteiger partial charge on any atom is 0.423 e. The van der Waals surface area contributed by atoms with Gasteiger partial charge >= 0.3 is 13.8 Å². The number of nitro benzene ring substituents is 1. The summed E-state index contributed by atoms with van der Waals surface area (Å²) in [5.74, 6) is -0.259. The molecule has 3 aromatic rings. The molecule has 0 atom stereocenters. The van der Waals surface area contributed by atoms with Crippen molar-refractivity contribution in [1.29, 1.82) is 0 Å². The Balaban J connectivity index is 2.39. The van der Waals surface area contributed by atoms with Crippen LogP contribution in [0.2, 0.25) is 0 Å². The summed E-state index contributed by atoms with van der Waals surface area (Å²) in [6.07, 6.45) is -4.78. The van der Waals surface area contributed by atoms with Crippen molar-refractivity contribution in [2.45, 2.75) is 12.3 Å². The quantitative estimate of drug-likeness (QED) is 0.400. The molecule has 3 rings (SSSR count). The molecule has 0 radical (unpaired) electrons. The van der Waals surface area contributed by atoms with Crippen LogP contribution in [0.25, 0.3) is 16.7 Å². The smallest absolute Gasteiger partial charge is 0.324 e. The number of nitrogens with zero attached hydrogens (tertiary/aromatic N) is 5. The highest BCUT2D eigenvalue weighted by Gasteiger charge is 2.39. The second-order valence-corrected chi connectivity index (χ2v) is 6.65. The average Bonchev–Trinajstić information content (AvgIpc) is 2.86. The molecule has 0 bridgehead atoms. The third kappa shape index (κ3) is 3.16. The number of hydrogen-bond donors (Lipinski definition) is 2. The molecule has 2 aromatic heterocycles. The molecule has 0 unspecified atom stereocenters. The van der Waals surface area contributed by atoms with Gasteiger partial charge in [-0.05, 0) is 6.07 Å². The van der Waals surface area contributed by atoms with Crippen LogP contribution >= 0.6 is 7.60 Å². The van der Waals surface area contributed by atoms with Crippen molar-refractivity contribution in [3.8, 4) is 0 Å². The van der Waals surface area contributed by atoms with Gasteiger partial charge in [-0.3, -0.25) is 24.1 Å². The zero-order chi connectivity index (χ0) is 18.6. The van der Waals surface area contributed by atoms with Crippen LogP contribution in [0.3, 0.4) is 0 Å². The van der Waals surface area contributed by atoms with Crippen LogP contribution in [0.5, 0.6) is 0 Å². The van der Waals surface area contributed by atoms with E-state index in [2.05, 4.69) is 15.2 Å². The minimum Gasteiger partial charge on any atom is -0.324 e. The molecule has 0 amide bonds. The van der Waals surface area contributed by atoms with Gasteiger partial charge in [0, 0.05) is 6.07 Å². The lowest BCUT2D eigenvalue weighted by Gasteiger charge is -2.10. The van der Waals surface area contributed by atoms with Gasteiger partial charge in [-0.2, -0.15) is 13.2 Å². The van der Waals surface area contributed by atoms with Crippen LogP contribution in [-0.4, -0.2) is 34.3 Å². The number of nitro groups is 1. The van der Waals surface area contributed by atoms with Gasteiger partial charge in [0.2, 0.25) is 0 Å². The molecule has 25 heavy (non-hydrogen) atoms. The normalized spacial score (nSPS) is 12.8. The maximum absolute atomic E-state index is 13.0. The summed E-state index contributed by atoms with van der Waals surface area (Å²) in [6, 6.07) is 1.12. The summed E-state index contributed by atoms with van der Waals surface area (Å²) in [6.45, 7) is 0. The van der Waals surface area contributed by atoms with E-state index in [1.165, 1.54) is 0 Å². The summed E-state index contributed by atoms with van der Waals surface area (Å²) in [5.41, 5.74) is -3.17. The largest absolute Gasteiger partial charge is 0.423 e. The first-order chi connectivity index (χ1) is 11.5. The second kappa shape index (κ2) is 5.44. The van der Waals surface area contributed by atoms with E-state index in [0.29, 0.717) is 12.1 Å². The van der Waals surface area contributed by atoms with Crippen molar-refractivity contribution in [3.63, 3.8) is 0 Å². The van der Waals surface area contributed by atoms with Gasteiger partial charge in [0.1, 0.15) is 17.5 Å². The molecule has 0 saturated carbocycles. The van der Waals surface area contributed by atoms with Crippen molar-refractivity contribution in [2.75, 3.05) is 0 Å². The fraction of sp³-hybridized carbons (Fsp3) is 0.182. The molecule has 0 aliphatic heterocycles. The number of hydrogen-bond acceptors (Lipinski definition) is 6. The summed E-state index contributed by atoms with van der Waals surface area (Å²) < 4.78 is 51.3. The van der Waals surface area contributed by atoms with E-state index in [-0.39, 0.29) is 22.5 Å². The number of halogens is 3. The Bertz CT molecular complexity index is 1060. The van der Waals surface area contributed by atoms with Crippen LogP contribution < -0.4 is 0 Å². The number of rotatable bonds is 3. The molecule has 0 aliphatic carbocycles. The molecular formula is C11H7F3N5O5P. The zero-order valence-corrected chi connectivity index (χ0v) is 12.8. The molecule has 2 N–H and O–H groups in total. The zero-order valence-electron chi connectivity index (χ0n) is 11.9. The minimum atomic E-state index is -4.98. The van der Waals surface area contributed by atoms with Gasteiger partial charge in [0.25, 0.3) is 5.69 Å². The molecule has 2 heterocycles. The Morgan fingerprint density at radius 3 is 2.52 bits per heavy atom. The Labute approximate surface area is 135 Å². The number of fused-ring (bicyclic) bond motifs is 3. The van der Waals surface area contributed by atoms with Gasteiger partial charge in [-0.15, -0.1) is 10.2 Å². The lowest BCUT2D eigenvalue weighted by Crippen LogP contribution is -2.10. The summed E-state index contributed by atoms with van der Waals surface area (Å²) in [5, 5.41) is 18.2. The Morgan fingerprint density at radius 2 is 1.96 bits per heavy atom. The van der Waals surface area contributed by atoms with E-state index in [1.807, 2.05) is 0 Å². The molecule has 1 aromatic carbocycles. The van der Waals surface area contributed by atoms with Gasteiger partial charge in [-0.25, -0.2) is 0 Å². The molecule has 0 fully saturated rings. The predicted octanol–water partition coefficient (Wildman–Crippen LogP) is 1.88. The van der Waals surface area contributed by atoms with E-state index in [4.69, 9.17) is 9.79 Å². The van der Waals surface area contributed by atoms with Crippen LogP contribution in [0.1, 0.15) is 11.4 Å². The molecule has 0 spiro atoms. The summed E-state index contributed by atoms with van der Waals surface area (Å²) >= 11 is 0. The van der Waals surface area contributed by atoms with Crippen molar-refractivity contribution in [3.05, 3.63) is 39.8 Å². The Hall–Kier alpha value is -2.63. The number of benzene rings is 1. The van der Waals surface area contributed by atoms with E-state index in [0.717, 1.165) is 10.6 Å². The average molecular weight is 377 g/mol. The summed E-state index contributed by atoms with van der Waals surface area (Å²) in [4.78, 5) is 31.7. The highest BCUT2D eigenvalue weighted by molar-refractivity contribution is 7.50. The van der Waals surface area contributed by atoms with Crippen LogP contribution in [0.4, 0.5) is 18.9 Å². The first-order valence-electron chi connectivity index (χ1n) is 6.40. The van der Waals surface area contributed by atoms with Gasteiger partial charge in [-0.1, -0.05) is 0 Å². The standard InChI is InChI=1S/C11H7F3N5O5P/c12-11(13,14)5-1-6-8(2-7(5)19(20)21)18-9(3-15-6)16-17-10(18)4-25(22,23)24/h1-3H,4H2,(H2,22,23,24). The van der Waals surface area contributed by atoms with Gasteiger partial charge in [0.05, 0.1) is 22.2 Å². The van der Waals surface area contributed by atoms with Crippen molar-refractivity contribution in [1.82, 2.24) is 19.6 Å². The van der Waals surface area contributed by atoms with Crippen LogP contribution in [0, 0.1) is 10.1 Å². The molecule has 0 saturated heterocycles. The molecule has 10 nitrogen and oxygen atoms in total. The summed E-state index contributed by atoms with van der Waals surface area (Å²) in [7, 11) is -4.56. The molecule has 0 aliphatic rings. The third-order valence-corrected chi connectivity index (χ3v) is 3.95. The number of alkyl halides is 3. The first kappa shape index (κ1) is 17.2. The third-order valence-electron chi connectivity index (χ3n) is 3.26. The monoisotopic (exact) mass is 377 g/mol. The Morgan fingerprint density at radius 1 is 1.28 bits per heavy atom. The maximum atomic E-state index is 13.0. The van der Waals surface area contributed by atoms with Crippen LogP contribution in [0.15, 0.2) is 18.3 Å². The minimum absolute atomic E-state index is 0.0231. The van der Waals surface area contributed by atoms with Crippen molar-refractivity contribution < 1.29 is 32.4 Å². The predicted molar refractivity (Wildman–Crippen MR) is 75.7 cm³/mol. The fourth-order valence-corrected chi connectivity index (χ4v) is 2.89. The van der Waals surface area contributed by atoms with E-state index in [1.54, 1.807) is 0 Å².